The first-order valence-electron chi connectivity index (χ1n) is 12.8. The molecule has 2 N–H and O–H groups in total. The molecule has 1 saturated heterocycles. The molecule has 0 aliphatic carbocycles. The summed E-state index contributed by atoms with van der Waals surface area (Å²) in [4.78, 5) is 17.3. The van der Waals surface area contributed by atoms with E-state index in [2.05, 4.69) is 87.2 Å². The van der Waals surface area contributed by atoms with Crippen LogP contribution in [0.1, 0.15) is 64.5 Å². The third-order valence-corrected chi connectivity index (χ3v) is 6.73. The first-order chi connectivity index (χ1) is 15.8. The molecule has 3 rings (SSSR count). The average molecular weight is 450 g/mol. The Bertz CT molecular complexity index is 839. The van der Waals surface area contributed by atoms with Crippen LogP contribution in [-0.4, -0.2) is 42.5 Å². The second-order valence-electron chi connectivity index (χ2n) is 10.5. The van der Waals surface area contributed by atoms with Gasteiger partial charge in [0.05, 0.1) is 6.04 Å². The number of nitrogens with zero attached hydrogens (tertiary/aromatic N) is 2. The smallest absolute Gasteiger partial charge is 0.239 e. The van der Waals surface area contributed by atoms with E-state index in [-0.39, 0.29) is 11.9 Å². The molecule has 4 heteroatoms. The third kappa shape index (κ3) is 7.60. The van der Waals surface area contributed by atoms with Crippen LogP contribution in [0.3, 0.4) is 0 Å². The molecule has 1 amide bonds. The predicted molar refractivity (Wildman–Crippen MR) is 140 cm³/mol. The van der Waals surface area contributed by atoms with Crippen LogP contribution in [0.25, 0.3) is 0 Å². The lowest BCUT2D eigenvalue weighted by Crippen LogP contribution is -2.51. The SMILES string of the molecule is CC(C)CCN(c1ccc(Cc2ccccc2)cc1)C1CCN(C(=O)C(N)CC(C)C)CC1. The maximum absolute atomic E-state index is 12.8. The van der Waals surface area contributed by atoms with Gasteiger partial charge in [0.25, 0.3) is 0 Å². The Kier molecular flexibility index (Phi) is 9.37. The van der Waals surface area contributed by atoms with Gasteiger partial charge in [-0.25, -0.2) is 0 Å². The van der Waals surface area contributed by atoms with Gasteiger partial charge in [-0.3, -0.25) is 4.79 Å². The van der Waals surface area contributed by atoms with Crippen molar-refractivity contribution in [3.8, 4) is 0 Å². The van der Waals surface area contributed by atoms with Gasteiger partial charge in [-0.05, 0) is 67.2 Å². The first kappa shape index (κ1) is 25.3. The number of anilines is 1. The van der Waals surface area contributed by atoms with E-state index in [1.54, 1.807) is 0 Å². The molecule has 1 unspecified atom stereocenters. The van der Waals surface area contributed by atoms with Gasteiger partial charge < -0.3 is 15.5 Å². The largest absolute Gasteiger partial charge is 0.368 e. The van der Waals surface area contributed by atoms with Gasteiger partial charge >= 0.3 is 0 Å². The second kappa shape index (κ2) is 12.2. The highest BCUT2D eigenvalue weighted by atomic mass is 16.2. The zero-order valence-corrected chi connectivity index (χ0v) is 21.0. The minimum atomic E-state index is -0.365. The molecule has 0 aromatic heterocycles. The molecule has 0 spiro atoms. The number of likely N-dealkylation sites (tertiary alicyclic amines) is 1. The van der Waals surface area contributed by atoms with Crippen molar-refractivity contribution in [3.05, 3.63) is 65.7 Å². The second-order valence-corrected chi connectivity index (χ2v) is 10.5. The van der Waals surface area contributed by atoms with Crippen molar-refractivity contribution in [2.75, 3.05) is 24.5 Å². The molecule has 1 atom stereocenters. The Balaban J connectivity index is 1.64. The Morgan fingerprint density at radius 2 is 1.55 bits per heavy atom. The fourth-order valence-electron chi connectivity index (χ4n) is 4.80. The van der Waals surface area contributed by atoms with Crippen molar-refractivity contribution < 1.29 is 4.79 Å². The number of carbonyl (C=O) groups is 1. The first-order valence-corrected chi connectivity index (χ1v) is 12.8. The van der Waals surface area contributed by atoms with Crippen LogP contribution in [0.2, 0.25) is 0 Å². The van der Waals surface area contributed by atoms with Crippen LogP contribution in [0.4, 0.5) is 5.69 Å². The van der Waals surface area contributed by atoms with Gasteiger partial charge in [0, 0.05) is 31.4 Å². The van der Waals surface area contributed by atoms with E-state index in [1.165, 1.54) is 23.2 Å². The van der Waals surface area contributed by atoms with Crippen molar-refractivity contribution in [1.82, 2.24) is 4.90 Å². The summed E-state index contributed by atoms with van der Waals surface area (Å²) in [5.41, 5.74) is 10.2. The number of nitrogens with two attached hydrogens (primary N) is 1. The quantitative estimate of drug-likeness (QED) is 0.521. The Morgan fingerprint density at radius 3 is 2.12 bits per heavy atom. The lowest BCUT2D eigenvalue weighted by Gasteiger charge is -2.41. The summed E-state index contributed by atoms with van der Waals surface area (Å²) in [7, 11) is 0. The monoisotopic (exact) mass is 449 g/mol. The van der Waals surface area contributed by atoms with Crippen LogP contribution in [0.5, 0.6) is 0 Å². The molecular formula is C29H43N3O. The summed E-state index contributed by atoms with van der Waals surface area (Å²) in [5.74, 6) is 1.24. The highest BCUT2D eigenvalue weighted by Gasteiger charge is 2.29. The molecule has 180 valence electrons. The molecule has 0 saturated carbocycles. The predicted octanol–water partition coefficient (Wildman–Crippen LogP) is 5.49. The molecule has 0 radical (unpaired) electrons. The number of hydrogen-bond donors (Lipinski definition) is 1. The van der Waals surface area contributed by atoms with Crippen LogP contribution in [-0.2, 0) is 11.2 Å². The van der Waals surface area contributed by atoms with Gasteiger partial charge in [-0.1, -0.05) is 70.2 Å². The standard InChI is InChI=1S/C29H43N3O/c1-22(2)14-19-32(26-12-10-25(11-13-26)21-24-8-6-5-7-9-24)27-15-17-31(18-16-27)29(33)28(30)20-23(3)4/h5-13,22-23,27-28H,14-21,30H2,1-4H3. The van der Waals surface area contributed by atoms with Crippen LogP contribution >= 0.6 is 0 Å². The number of rotatable bonds is 10. The Labute approximate surface area is 201 Å². The Hall–Kier alpha value is -2.33. The fourth-order valence-corrected chi connectivity index (χ4v) is 4.80. The Morgan fingerprint density at radius 1 is 0.939 bits per heavy atom. The normalized spacial score (nSPS) is 15.8. The lowest BCUT2D eigenvalue weighted by atomic mass is 9.98. The highest BCUT2D eigenvalue weighted by molar-refractivity contribution is 5.81. The zero-order chi connectivity index (χ0) is 23.8. The summed E-state index contributed by atoms with van der Waals surface area (Å²) < 4.78 is 0. The fraction of sp³-hybridized carbons (Fsp3) is 0.552. The molecule has 1 heterocycles. The summed E-state index contributed by atoms with van der Waals surface area (Å²) in [5, 5.41) is 0. The molecular weight excluding hydrogens is 406 g/mol. The van der Waals surface area contributed by atoms with Crippen molar-refractivity contribution in [3.63, 3.8) is 0 Å². The summed E-state index contributed by atoms with van der Waals surface area (Å²) >= 11 is 0. The highest BCUT2D eigenvalue weighted by Crippen LogP contribution is 2.26. The molecule has 1 aliphatic rings. The third-order valence-electron chi connectivity index (χ3n) is 6.73. The van der Waals surface area contributed by atoms with Crippen LogP contribution in [0, 0.1) is 11.8 Å². The van der Waals surface area contributed by atoms with Crippen LogP contribution in [0.15, 0.2) is 54.6 Å². The average Bonchev–Trinajstić information content (AvgIpc) is 2.80. The van der Waals surface area contributed by atoms with Gasteiger partial charge in [-0.15, -0.1) is 0 Å². The molecule has 1 aliphatic heterocycles. The molecule has 2 aromatic rings. The molecule has 33 heavy (non-hydrogen) atoms. The van der Waals surface area contributed by atoms with Gasteiger partial charge in [0.2, 0.25) is 5.91 Å². The number of hydrogen-bond acceptors (Lipinski definition) is 3. The number of amides is 1. The van der Waals surface area contributed by atoms with Crippen molar-refractivity contribution in [2.45, 2.75) is 71.9 Å². The van der Waals surface area contributed by atoms with E-state index in [0.29, 0.717) is 17.9 Å². The van der Waals surface area contributed by atoms with Gasteiger partial charge in [0.15, 0.2) is 0 Å². The maximum atomic E-state index is 12.8. The van der Waals surface area contributed by atoms with Crippen molar-refractivity contribution >= 4 is 11.6 Å². The molecule has 0 bridgehead atoms. The summed E-state index contributed by atoms with van der Waals surface area (Å²) in [6.45, 7) is 11.5. The van der Waals surface area contributed by atoms with Crippen molar-refractivity contribution in [1.29, 1.82) is 0 Å². The van der Waals surface area contributed by atoms with E-state index in [9.17, 15) is 4.79 Å². The number of piperidine rings is 1. The van der Waals surface area contributed by atoms with Crippen LogP contribution < -0.4 is 10.6 Å². The van der Waals surface area contributed by atoms with E-state index < -0.39 is 0 Å². The number of benzene rings is 2. The topological polar surface area (TPSA) is 49.6 Å². The minimum absolute atomic E-state index is 0.126. The molecule has 4 nitrogen and oxygen atoms in total. The van der Waals surface area contributed by atoms with E-state index in [1.807, 2.05) is 4.90 Å². The summed E-state index contributed by atoms with van der Waals surface area (Å²) in [6.07, 6.45) is 4.90. The van der Waals surface area contributed by atoms with Gasteiger partial charge in [-0.2, -0.15) is 0 Å². The number of carbonyl (C=O) groups excluding carboxylic acids is 1. The molecule has 1 fully saturated rings. The minimum Gasteiger partial charge on any atom is -0.368 e. The zero-order valence-electron chi connectivity index (χ0n) is 21.0. The van der Waals surface area contributed by atoms with Crippen molar-refractivity contribution in [2.24, 2.45) is 17.6 Å². The van der Waals surface area contributed by atoms with E-state index in [4.69, 9.17) is 5.73 Å². The maximum Gasteiger partial charge on any atom is 0.239 e. The molecule has 2 aromatic carbocycles. The van der Waals surface area contributed by atoms with E-state index >= 15 is 0 Å². The van der Waals surface area contributed by atoms with E-state index in [0.717, 1.165) is 45.3 Å². The summed E-state index contributed by atoms with van der Waals surface area (Å²) in [6, 6.07) is 19.9. The van der Waals surface area contributed by atoms with Gasteiger partial charge in [0.1, 0.15) is 0 Å². The lowest BCUT2D eigenvalue weighted by molar-refractivity contribution is -0.134.